The summed E-state index contributed by atoms with van der Waals surface area (Å²) in [6, 6.07) is 4.35. The van der Waals surface area contributed by atoms with Gasteiger partial charge in [0.25, 0.3) is 5.91 Å². The summed E-state index contributed by atoms with van der Waals surface area (Å²) < 4.78 is 19.1. The molecule has 3 nitrogen and oxygen atoms in total. The number of nitrogens with one attached hydrogen (secondary N) is 1. The van der Waals surface area contributed by atoms with E-state index in [1.807, 2.05) is 6.92 Å². The Morgan fingerprint density at radius 1 is 1.56 bits per heavy atom. The van der Waals surface area contributed by atoms with Crippen LogP contribution in [-0.2, 0) is 4.74 Å². The zero-order chi connectivity index (χ0) is 13.2. The Bertz CT molecular complexity index is 458. The van der Waals surface area contributed by atoms with Gasteiger partial charge in [0.1, 0.15) is 5.82 Å². The molecule has 5 heteroatoms. The SMILES string of the molecule is CC1(NC(=O)c2ccc(Br)c(F)c2)CCCOC1. The van der Waals surface area contributed by atoms with Gasteiger partial charge in [-0.2, -0.15) is 0 Å². The molecule has 1 atom stereocenters. The van der Waals surface area contributed by atoms with Crippen molar-refractivity contribution in [3.63, 3.8) is 0 Å². The lowest BCUT2D eigenvalue weighted by atomic mass is 9.94. The van der Waals surface area contributed by atoms with Gasteiger partial charge in [0.15, 0.2) is 0 Å². The number of hydrogen-bond acceptors (Lipinski definition) is 2. The van der Waals surface area contributed by atoms with Crippen molar-refractivity contribution in [2.75, 3.05) is 13.2 Å². The van der Waals surface area contributed by atoms with Gasteiger partial charge in [0, 0.05) is 12.2 Å². The van der Waals surface area contributed by atoms with Gasteiger partial charge in [0.2, 0.25) is 0 Å². The fraction of sp³-hybridized carbons (Fsp3) is 0.462. The molecule has 1 saturated heterocycles. The Kier molecular flexibility index (Phi) is 4.02. The Morgan fingerprint density at radius 2 is 2.33 bits per heavy atom. The molecule has 1 aliphatic heterocycles. The van der Waals surface area contributed by atoms with Gasteiger partial charge in [-0.05, 0) is 53.9 Å². The molecular formula is C13H15BrFNO2. The largest absolute Gasteiger partial charge is 0.379 e. The first-order valence-corrected chi connectivity index (χ1v) is 6.65. The van der Waals surface area contributed by atoms with Gasteiger partial charge in [-0.15, -0.1) is 0 Å². The predicted molar refractivity (Wildman–Crippen MR) is 70.0 cm³/mol. The van der Waals surface area contributed by atoms with Crippen molar-refractivity contribution >= 4 is 21.8 Å². The van der Waals surface area contributed by atoms with Gasteiger partial charge < -0.3 is 10.1 Å². The maximum atomic E-state index is 13.4. The van der Waals surface area contributed by atoms with Crippen LogP contribution in [0.1, 0.15) is 30.1 Å². The van der Waals surface area contributed by atoms with Crippen LogP contribution < -0.4 is 5.32 Å². The van der Waals surface area contributed by atoms with E-state index in [0.29, 0.717) is 16.6 Å². The van der Waals surface area contributed by atoms with Crippen molar-refractivity contribution in [3.8, 4) is 0 Å². The fourth-order valence-corrected chi connectivity index (χ4v) is 2.26. The topological polar surface area (TPSA) is 38.3 Å². The Hall–Kier alpha value is -0.940. The molecule has 0 aliphatic carbocycles. The molecule has 2 rings (SSSR count). The Labute approximate surface area is 114 Å². The van der Waals surface area contributed by atoms with E-state index in [2.05, 4.69) is 21.2 Å². The molecule has 1 heterocycles. The van der Waals surface area contributed by atoms with Crippen molar-refractivity contribution in [2.45, 2.75) is 25.3 Å². The lowest BCUT2D eigenvalue weighted by Crippen LogP contribution is -2.51. The number of carbonyl (C=O) groups is 1. The molecule has 1 aromatic carbocycles. The molecule has 1 amide bonds. The Morgan fingerprint density at radius 3 is 2.94 bits per heavy atom. The second-order valence-corrected chi connectivity index (χ2v) is 5.65. The number of carbonyl (C=O) groups excluding carboxylic acids is 1. The first kappa shape index (κ1) is 13.5. The highest BCUT2D eigenvalue weighted by atomic mass is 79.9. The molecular weight excluding hydrogens is 301 g/mol. The van der Waals surface area contributed by atoms with Crippen LogP contribution in [-0.4, -0.2) is 24.7 Å². The standard InChI is InChI=1S/C13H15BrFNO2/c1-13(5-2-6-18-8-13)16-12(17)9-3-4-10(14)11(15)7-9/h3-4,7H,2,5-6,8H2,1H3,(H,16,17). The molecule has 1 N–H and O–H groups in total. The molecule has 1 unspecified atom stereocenters. The quantitative estimate of drug-likeness (QED) is 0.911. The van der Waals surface area contributed by atoms with Gasteiger partial charge in [-0.25, -0.2) is 4.39 Å². The van der Waals surface area contributed by atoms with Gasteiger partial charge in [-0.1, -0.05) is 0 Å². The normalized spacial score (nSPS) is 23.7. The minimum absolute atomic E-state index is 0.269. The van der Waals surface area contributed by atoms with Crippen molar-refractivity contribution in [3.05, 3.63) is 34.1 Å². The van der Waals surface area contributed by atoms with E-state index < -0.39 is 5.82 Å². The highest BCUT2D eigenvalue weighted by Crippen LogP contribution is 2.20. The average molecular weight is 316 g/mol. The number of hydrogen-bond donors (Lipinski definition) is 1. The molecule has 0 radical (unpaired) electrons. The highest BCUT2D eigenvalue weighted by Gasteiger charge is 2.29. The molecule has 0 spiro atoms. The Balaban J connectivity index is 2.09. The molecule has 18 heavy (non-hydrogen) atoms. The second kappa shape index (κ2) is 5.36. The van der Waals surface area contributed by atoms with E-state index in [-0.39, 0.29) is 11.4 Å². The first-order valence-electron chi connectivity index (χ1n) is 5.85. The summed E-state index contributed by atoms with van der Waals surface area (Å²) >= 11 is 3.06. The van der Waals surface area contributed by atoms with Gasteiger partial charge in [0.05, 0.1) is 16.6 Å². The van der Waals surface area contributed by atoms with Crippen LogP contribution in [0.15, 0.2) is 22.7 Å². The first-order chi connectivity index (χ1) is 8.50. The van der Waals surface area contributed by atoms with E-state index >= 15 is 0 Å². The summed E-state index contributed by atoms with van der Waals surface area (Å²) in [4.78, 5) is 12.0. The summed E-state index contributed by atoms with van der Waals surface area (Å²) in [5, 5.41) is 2.91. The zero-order valence-corrected chi connectivity index (χ0v) is 11.7. The minimum atomic E-state index is -0.437. The lowest BCUT2D eigenvalue weighted by Gasteiger charge is -2.34. The monoisotopic (exact) mass is 315 g/mol. The van der Waals surface area contributed by atoms with Crippen LogP contribution in [0.25, 0.3) is 0 Å². The summed E-state index contributed by atoms with van der Waals surface area (Å²) in [6.07, 6.45) is 1.79. The summed E-state index contributed by atoms with van der Waals surface area (Å²) in [5.41, 5.74) is -0.0405. The van der Waals surface area contributed by atoms with Crippen LogP contribution in [0.2, 0.25) is 0 Å². The fourth-order valence-electron chi connectivity index (χ4n) is 2.02. The molecule has 0 aromatic heterocycles. The van der Waals surface area contributed by atoms with Gasteiger partial charge in [-0.3, -0.25) is 4.79 Å². The van der Waals surface area contributed by atoms with Crippen molar-refractivity contribution in [2.24, 2.45) is 0 Å². The van der Waals surface area contributed by atoms with Crippen LogP contribution in [0.5, 0.6) is 0 Å². The molecule has 98 valence electrons. The zero-order valence-electron chi connectivity index (χ0n) is 10.1. The molecule has 1 fully saturated rings. The van der Waals surface area contributed by atoms with E-state index in [1.165, 1.54) is 12.1 Å². The number of benzene rings is 1. The van der Waals surface area contributed by atoms with Crippen LogP contribution in [0.3, 0.4) is 0 Å². The highest BCUT2D eigenvalue weighted by molar-refractivity contribution is 9.10. The maximum Gasteiger partial charge on any atom is 0.251 e. The number of amides is 1. The van der Waals surface area contributed by atoms with Crippen molar-refractivity contribution in [1.82, 2.24) is 5.32 Å². The molecule has 0 bridgehead atoms. The maximum absolute atomic E-state index is 13.4. The smallest absolute Gasteiger partial charge is 0.251 e. The van der Waals surface area contributed by atoms with Crippen molar-refractivity contribution in [1.29, 1.82) is 0 Å². The van der Waals surface area contributed by atoms with E-state index in [1.54, 1.807) is 6.07 Å². The third-order valence-corrected chi connectivity index (χ3v) is 3.68. The summed E-state index contributed by atoms with van der Waals surface area (Å²) in [7, 11) is 0. The van der Waals surface area contributed by atoms with E-state index in [4.69, 9.17) is 4.74 Å². The number of halogens is 2. The van der Waals surface area contributed by atoms with Crippen LogP contribution in [0.4, 0.5) is 4.39 Å². The minimum Gasteiger partial charge on any atom is -0.379 e. The van der Waals surface area contributed by atoms with Crippen LogP contribution in [0, 0.1) is 5.82 Å². The van der Waals surface area contributed by atoms with Gasteiger partial charge >= 0.3 is 0 Å². The van der Waals surface area contributed by atoms with E-state index in [9.17, 15) is 9.18 Å². The summed E-state index contributed by atoms with van der Waals surface area (Å²) in [6.45, 7) is 3.18. The number of ether oxygens (including phenoxy) is 1. The number of rotatable bonds is 2. The van der Waals surface area contributed by atoms with E-state index in [0.717, 1.165) is 19.4 Å². The molecule has 0 saturated carbocycles. The third-order valence-electron chi connectivity index (χ3n) is 3.03. The van der Waals surface area contributed by atoms with Crippen molar-refractivity contribution < 1.29 is 13.9 Å². The predicted octanol–water partition coefficient (Wildman–Crippen LogP) is 2.89. The second-order valence-electron chi connectivity index (χ2n) is 4.80. The third kappa shape index (κ3) is 3.09. The summed E-state index contributed by atoms with van der Waals surface area (Å²) in [5.74, 6) is -0.706. The molecule has 1 aromatic rings. The van der Waals surface area contributed by atoms with Crippen LogP contribution >= 0.6 is 15.9 Å². The molecule has 1 aliphatic rings. The lowest BCUT2D eigenvalue weighted by molar-refractivity contribution is 0.0272. The average Bonchev–Trinajstić information content (AvgIpc) is 2.33.